The fourth-order valence-electron chi connectivity index (χ4n) is 3.33. The van der Waals surface area contributed by atoms with Crippen molar-refractivity contribution in [1.29, 1.82) is 0 Å². The van der Waals surface area contributed by atoms with Crippen molar-refractivity contribution in [3.8, 4) is 11.3 Å². The minimum Gasteiger partial charge on any atom is -0.394 e. The summed E-state index contributed by atoms with van der Waals surface area (Å²) in [5.41, 5.74) is -0.992. The first kappa shape index (κ1) is 23.1. The number of thioether (sulfide) groups is 1. The average Bonchev–Trinajstić information content (AvgIpc) is 3.23. The first-order valence-electron chi connectivity index (χ1n) is 9.25. The SMILES string of the molecule is OCC1O[C@H](Sc2cncc(Br)c2)[C@@H](O)C(n2cc(-c3cc(F)c(F)c(F)c3)nn2)[C@H]1O. The Balaban J connectivity index is 1.64. The second-order valence-corrected chi connectivity index (χ2v) is 9.08. The zero-order valence-corrected chi connectivity index (χ0v) is 18.4. The van der Waals surface area contributed by atoms with E-state index in [1.54, 1.807) is 18.5 Å². The molecule has 4 rings (SSSR count). The van der Waals surface area contributed by atoms with E-state index in [0.717, 1.165) is 28.6 Å². The lowest BCUT2D eigenvalue weighted by molar-refractivity contribution is -0.178. The van der Waals surface area contributed by atoms with Crippen LogP contribution in [0.15, 0.2) is 46.2 Å². The number of aliphatic hydroxyl groups is 3. The molecule has 0 amide bonds. The molecular formula is C19H16BrF3N4O4S. The molecule has 2 aromatic heterocycles. The summed E-state index contributed by atoms with van der Waals surface area (Å²) in [5, 5.41) is 38.9. The van der Waals surface area contributed by atoms with Crippen molar-refractivity contribution in [3.63, 3.8) is 0 Å². The molecule has 1 aliphatic heterocycles. The zero-order valence-electron chi connectivity index (χ0n) is 16.0. The van der Waals surface area contributed by atoms with E-state index in [-0.39, 0.29) is 11.3 Å². The predicted molar refractivity (Wildman–Crippen MR) is 110 cm³/mol. The molecule has 8 nitrogen and oxygen atoms in total. The van der Waals surface area contributed by atoms with E-state index in [0.29, 0.717) is 9.37 Å². The average molecular weight is 533 g/mol. The lowest BCUT2D eigenvalue weighted by atomic mass is 9.97. The summed E-state index contributed by atoms with van der Waals surface area (Å²) in [7, 11) is 0. The summed E-state index contributed by atoms with van der Waals surface area (Å²) in [6.45, 7) is -0.534. The van der Waals surface area contributed by atoms with Crippen LogP contribution >= 0.6 is 27.7 Å². The van der Waals surface area contributed by atoms with Crippen molar-refractivity contribution < 1.29 is 33.2 Å². The standard InChI is InChI=1S/C19H16BrF3N4O4S/c20-9-3-10(5-24-4-9)32-19-18(30)16(17(29)14(7-28)31-19)27-6-13(25-26-27)8-1-11(21)15(23)12(22)2-8/h1-6,14,16-19,28-30H,7H2/t14?,16?,17-,18-,19+/m0/s1. The maximum atomic E-state index is 13.6. The number of ether oxygens (including phenoxy) is 1. The normalized spacial score (nSPS) is 25.8. The van der Waals surface area contributed by atoms with Crippen LogP contribution in [0.3, 0.4) is 0 Å². The van der Waals surface area contributed by atoms with E-state index in [2.05, 4.69) is 31.2 Å². The van der Waals surface area contributed by atoms with Gasteiger partial charge < -0.3 is 20.1 Å². The summed E-state index contributed by atoms with van der Waals surface area (Å²) in [5.74, 6) is -4.38. The number of rotatable bonds is 5. The van der Waals surface area contributed by atoms with Crippen LogP contribution in [0.1, 0.15) is 6.04 Å². The van der Waals surface area contributed by atoms with Gasteiger partial charge in [0.1, 0.15) is 35.5 Å². The number of aliphatic hydroxyl groups excluding tert-OH is 3. The number of halogens is 4. The van der Waals surface area contributed by atoms with Crippen molar-refractivity contribution >= 4 is 27.7 Å². The van der Waals surface area contributed by atoms with Crippen LogP contribution in [0, 0.1) is 17.5 Å². The summed E-state index contributed by atoms with van der Waals surface area (Å²) >= 11 is 4.43. The molecule has 3 N–H and O–H groups in total. The number of aromatic nitrogens is 4. The summed E-state index contributed by atoms with van der Waals surface area (Å²) in [4.78, 5) is 4.70. The minimum absolute atomic E-state index is 0.00497. The van der Waals surface area contributed by atoms with Crippen molar-refractivity contribution in [2.24, 2.45) is 0 Å². The Kier molecular flexibility index (Phi) is 6.83. The molecule has 0 aliphatic carbocycles. The van der Waals surface area contributed by atoms with Gasteiger partial charge in [-0.3, -0.25) is 4.98 Å². The van der Waals surface area contributed by atoms with Gasteiger partial charge in [-0.2, -0.15) is 0 Å². The largest absolute Gasteiger partial charge is 0.394 e. The lowest BCUT2D eigenvalue weighted by Crippen LogP contribution is -2.55. The Hall–Kier alpha value is -2.03. The molecule has 170 valence electrons. The van der Waals surface area contributed by atoms with Crippen molar-refractivity contribution in [1.82, 2.24) is 20.0 Å². The predicted octanol–water partition coefficient (Wildman–Crippen LogP) is 2.29. The Morgan fingerprint density at radius 3 is 2.47 bits per heavy atom. The first-order chi connectivity index (χ1) is 15.3. The summed E-state index contributed by atoms with van der Waals surface area (Å²) in [6, 6.07) is 2.18. The maximum Gasteiger partial charge on any atom is 0.194 e. The summed E-state index contributed by atoms with van der Waals surface area (Å²) < 4.78 is 47.9. The molecule has 5 atom stereocenters. The topological polar surface area (TPSA) is 114 Å². The Morgan fingerprint density at radius 2 is 1.81 bits per heavy atom. The molecule has 32 heavy (non-hydrogen) atoms. The molecule has 1 saturated heterocycles. The minimum atomic E-state index is -1.61. The molecule has 3 aromatic rings. The molecule has 1 fully saturated rings. The first-order valence-corrected chi connectivity index (χ1v) is 10.9. The fraction of sp³-hybridized carbons (Fsp3) is 0.316. The quantitative estimate of drug-likeness (QED) is 0.429. The smallest absolute Gasteiger partial charge is 0.194 e. The van der Waals surface area contributed by atoms with Gasteiger partial charge in [0.05, 0.1) is 12.8 Å². The maximum absolute atomic E-state index is 13.6. The van der Waals surface area contributed by atoms with Crippen LogP contribution in [-0.4, -0.2) is 65.7 Å². The fourth-order valence-corrected chi connectivity index (χ4v) is 4.93. The van der Waals surface area contributed by atoms with Gasteiger partial charge >= 0.3 is 0 Å². The van der Waals surface area contributed by atoms with E-state index >= 15 is 0 Å². The van der Waals surface area contributed by atoms with Gasteiger partial charge in [-0.1, -0.05) is 17.0 Å². The number of hydrogen-bond donors (Lipinski definition) is 3. The third-order valence-corrected chi connectivity index (χ3v) is 6.43. The number of pyridine rings is 1. The third kappa shape index (κ3) is 4.54. The monoisotopic (exact) mass is 532 g/mol. The molecule has 0 saturated carbocycles. The molecule has 3 heterocycles. The van der Waals surface area contributed by atoms with Crippen LogP contribution in [0.25, 0.3) is 11.3 Å². The molecule has 13 heteroatoms. The highest BCUT2D eigenvalue weighted by Gasteiger charge is 2.46. The second kappa shape index (κ2) is 9.45. The van der Waals surface area contributed by atoms with E-state index in [9.17, 15) is 28.5 Å². The highest BCUT2D eigenvalue weighted by molar-refractivity contribution is 9.10. The van der Waals surface area contributed by atoms with E-state index in [4.69, 9.17) is 4.74 Å². The van der Waals surface area contributed by atoms with Crippen molar-refractivity contribution in [2.45, 2.75) is 34.7 Å². The Morgan fingerprint density at radius 1 is 1.09 bits per heavy atom. The van der Waals surface area contributed by atoms with Crippen molar-refractivity contribution in [2.75, 3.05) is 6.61 Å². The van der Waals surface area contributed by atoms with Gasteiger partial charge in [0.15, 0.2) is 17.5 Å². The highest BCUT2D eigenvalue weighted by Crippen LogP contribution is 2.38. The lowest BCUT2D eigenvalue weighted by Gasteiger charge is -2.41. The molecule has 0 bridgehead atoms. The molecular weight excluding hydrogens is 517 g/mol. The van der Waals surface area contributed by atoms with Gasteiger partial charge in [-0.15, -0.1) is 5.10 Å². The number of hydrogen-bond acceptors (Lipinski definition) is 8. The summed E-state index contributed by atoms with van der Waals surface area (Å²) in [6.07, 6.45) is 0.672. The Bertz CT molecular complexity index is 1100. The van der Waals surface area contributed by atoms with Crippen LogP contribution in [0.5, 0.6) is 0 Å². The van der Waals surface area contributed by atoms with Gasteiger partial charge in [-0.25, -0.2) is 17.9 Å². The van der Waals surface area contributed by atoms with Gasteiger partial charge in [-0.05, 0) is 34.1 Å². The van der Waals surface area contributed by atoms with Gasteiger partial charge in [0.2, 0.25) is 0 Å². The Labute approximate surface area is 192 Å². The van der Waals surface area contributed by atoms with E-state index < -0.39 is 53.8 Å². The number of nitrogens with zero attached hydrogens (tertiary/aromatic N) is 4. The van der Waals surface area contributed by atoms with Gasteiger partial charge in [0.25, 0.3) is 0 Å². The van der Waals surface area contributed by atoms with E-state index in [1.165, 1.54) is 6.20 Å². The van der Waals surface area contributed by atoms with Crippen molar-refractivity contribution in [3.05, 3.63) is 58.7 Å². The zero-order chi connectivity index (χ0) is 23.0. The molecule has 2 unspecified atom stereocenters. The molecule has 0 spiro atoms. The highest BCUT2D eigenvalue weighted by atomic mass is 79.9. The van der Waals surface area contributed by atoms with E-state index in [1.807, 2.05) is 0 Å². The van der Waals surface area contributed by atoms with Crippen LogP contribution < -0.4 is 0 Å². The molecule has 1 aromatic carbocycles. The molecule has 1 aliphatic rings. The van der Waals surface area contributed by atoms with Crippen LogP contribution in [0.4, 0.5) is 13.2 Å². The van der Waals surface area contributed by atoms with Crippen LogP contribution in [-0.2, 0) is 4.74 Å². The van der Waals surface area contributed by atoms with Gasteiger partial charge in [0, 0.05) is 27.3 Å². The third-order valence-electron chi connectivity index (χ3n) is 4.88. The molecule has 0 radical (unpaired) electrons. The van der Waals surface area contributed by atoms with Crippen LogP contribution in [0.2, 0.25) is 0 Å². The number of benzene rings is 1. The second-order valence-electron chi connectivity index (χ2n) is 6.99.